The number of carbonyl (C=O) groups is 2. The van der Waals surface area contributed by atoms with E-state index < -0.39 is 28.9 Å². The van der Waals surface area contributed by atoms with Crippen LogP contribution in [0.1, 0.15) is 19.4 Å². The molecule has 1 saturated heterocycles. The number of benzene rings is 3. The molecule has 1 heterocycles. The molecule has 0 saturated carbocycles. The van der Waals surface area contributed by atoms with Crippen molar-refractivity contribution in [3.05, 3.63) is 88.7 Å². The Balaban J connectivity index is 1.33. The van der Waals surface area contributed by atoms with Crippen molar-refractivity contribution in [2.75, 3.05) is 30.3 Å². The number of urea groups is 1. The molecule has 11 heteroatoms. The fraction of sp³-hybridized carbons (Fsp3) is 0.286. The maximum atomic E-state index is 13.8. The molecule has 1 fully saturated rings. The van der Waals surface area contributed by atoms with Gasteiger partial charge in [-0.1, -0.05) is 29.8 Å². The summed E-state index contributed by atoms with van der Waals surface area (Å²) in [5, 5.41) is 7.95. The summed E-state index contributed by atoms with van der Waals surface area (Å²) in [5.74, 6) is -1.99. The van der Waals surface area contributed by atoms with Crippen LogP contribution in [0.2, 0.25) is 5.02 Å². The molecule has 0 aliphatic carbocycles. The monoisotopic (exact) mass is 560 g/mol. The summed E-state index contributed by atoms with van der Waals surface area (Å²) in [7, 11) is 0. The van der Waals surface area contributed by atoms with Crippen LogP contribution < -0.4 is 20.7 Å². The van der Waals surface area contributed by atoms with E-state index >= 15 is 0 Å². The number of anilines is 2. The molecule has 1 aliphatic rings. The second-order valence-electron chi connectivity index (χ2n) is 9.62. The Morgan fingerprint density at radius 1 is 1.08 bits per heavy atom. The van der Waals surface area contributed by atoms with E-state index in [9.17, 15) is 22.8 Å². The number of amides is 2. The molecule has 4 rings (SSSR count). The summed E-state index contributed by atoms with van der Waals surface area (Å²) < 4.78 is 46.5. The first-order valence-electron chi connectivity index (χ1n) is 12.3. The Kier molecular flexibility index (Phi) is 8.79. The van der Waals surface area contributed by atoms with Gasteiger partial charge in [0, 0.05) is 31.7 Å². The van der Waals surface area contributed by atoms with Crippen molar-refractivity contribution >= 4 is 34.8 Å². The molecule has 0 aromatic heterocycles. The molecule has 0 radical (unpaired) electrons. The molecule has 206 valence electrons. The zero-order chi connectivity index (χ0) is 28.2. The molecule has 2 atom stereocenters. The highest BCUT2D eigenvalue weighted by Crippen LogP contribution is 2.28. The summed E-state index contributed by atoms with van der Waals surface area (Å²) in [6, 6.07) is 13.2. The standard InChI is InChI=1S/C28H28ClF3N4O3/c1-17-13-33-28(2,16-36(17)14-18-6-8-19(30)9-7-18)25(37)15-39-20-10-11-24(21(29)12-20)34-27(38)35-26-22(31)4-3-5-23(26)32/h3-12,17,33H,13-16H2,1-2H3,(H2,34,35,38). The van der Waals surface area contributed by atoms with Crippen LogP contribution in [-0.4, -0.2) is 48.0 Å². The van der Waals surface area contributed by atoms with Crippen LogP contribution in [0.15, 0.2) is 60.7 Å². The summed E-state index contributed by atoms with van der Waals surface area (Å²) in [5.41, 5.74) is -0.319. The molecule has 7 nitrogen and oxygen atoms in total. The van der Waals surface area contributed by atoms with Crippen molar-refractivity contribution in [1.82, 2.24) is 10.2 Å². The Hall–Kier alpha value is -3.60. The number of nitrogens with zero attached hydrogens (tertiary/aromatic N) is 1. The van der Waals surface area contributed by atoms with E-state index in [1.807, 2.05) is 6.92 Å². The van der Waals surface area contributed by atoms with Crippen LogP contribution in [0, 0.1) is 17.5 Å². The molecule has 3 N–H and O–H groups in total. The first-order chi connectivity index (χ1) is 18.5. The van der Waals surface area contributed by atoms with Crippen LogP contribution in [0.3, 0.4) is 0 Å². The fourth-order valence-corrected chi connectivity index (χ4v) is 4.44. The average molecular weight is 561 g/mol. The molecule has 3 aromatic rings. The van der Waals surface area contributed by atoms with E-state index in [0.717, 1.165) is 17.7 Å². The predicted octanol–water partition coefficient (Wildman–Crippen LogP) is 5.60. The Bertz CT molecular complexity index is 1340. The normalized spacial score (nSPS) is 19.4. The first-order valence-corrected chi connectivity index (χ1v) is 12.6. The van der Waals surface area contributed by atoms with Gasteiger partial charge in [-0.25, -0.2) is 18.0 Å². The second kappa shape index (κ2) is 12.1. The topological polar surface area (TPSA) is 82.7 Å². The lowest BCUT2D eigenvalue weighted by atomic mass is 9.91. The maximum Gasteiger partial charge on any atom is 0.323 e. The number of ether oxygens (including phenoxy) is 1. The Morgan fingerprint density at radius 2 is 1.77 bits per heavy atom. The highest BCUT2D eigenvalue weighted by molar-refractivity contribution is 6.34. The summed E-state index contributed by atoms with van der Waals surface area (Å²) in [4.78, 5) is 27.5. The zero-order valence-corrected chi connectivity index (χ0v) is 22.1. The average Bonchev–Trinajstić information content (AvgIpc) is 2.90. The second-order valence-corrected chi connectivity index (χ2v) is 10.0. The highest BCUT2D eigenvalue weighted by atomic mass is 35.5. The van der Waals surface area contributed by atoms with Crippen LogP contribution in [0.5, 0.6) is 5.75 Å². The third kappa shape index (κ3) is 7.08. The van der Waals surface area contributed by atoms with E-state index in [0.29, 0.717) is 25.4 Å². The number of hydrogen-bond acceptors (Lipinski definition) is 5. The van der Waals surface area contributed by atoms with Gasteiger partial charge in [-0.05, 0) is 55.8 Å². The van der Waals surface area contributed by atoms with E-state index in [4.69, 9.17) is 16.3 Å². The number of Topliss-reactive ketones (excluding diaryl/α,β-unsaturated/α-hetero) is 1. The molecule has 0 spiro atoms. The van der Waals surface area contributed by atoms with Gasteiger partial charge in [0.05, 0.1) is 16.2 Å². The molecule has 39 heavy (non-hydrogen) atoms. The number of nitrogens with one attached hydrogen (secondary N) is 3. The molecular formula is C28H28ClF3N4O3. The van der Waals surface area contributed by atoms with Crippen LogP contribution in [-0.2, 0) is 11.3 Å². The minimum atomic E-state index is -0.918. The lowest BCUT2D eigenvalue weighted by Crippen LogP contribution is -2.66. The van der Waals surface area contributed by atoms with E-state index in [-0.39, 0.29) is 35.0 Å². The SMILES string of the molecule is CC1CNC(C)(C(=O)COc2ccc(NC(=O)Nc3c(F)cccc3F)c(Cl)c2)CN1Cc1ccc(F)cc1. The third-order valence-electron chi connectivity index (χ3n) is 6.60. The van der Waals surface area contributed by atoms with Crippen LogP contribution in [0.25, 0.3) is 0 Å². The molecule has 2 amide bonds. The number of ketones is 1. The Morgan fingerprint density at radius 3 is 2.44 bits per heavy atom. The van der Waals surface area contributed by atoms with Gasteiger partial charge in [0.1, 0.15) is 35.5 Å². The van der Waals surface area contributed by atoms with Gasteiger partial charge in [0.15, 0.2) is 5.78 Å². The number of halogens is 4. The van der Waals surface area contributed by atoms with Crippen molar-refractivity contribution in [3.8, 4) is 5.75 Å². The van der Waals surface area contributed by atoms with Crippen molar-refractivity contribution in [2.24, 2.45) is 0 Å². The predicted molar refractivity (Wildman–Crippen MR) is 144 cm³/mol. The number of para-hydroxylation sites is 1. The fourth-order valence-electron chi connectivity index (χ4n) is 4.22. The molecular weight excluding hydrogens is 533 g/mol. The molecule has 3 aromatic carbocycles. The van der Waals surface area contributed by atoms with Gasteiger partial charge in [-0.15, -0.1) is 0 Å². The first kappa shape index (κ1) is 28.4. The van der Waals surface area contributed by atoms with E-state index in [1.165, 1.54) is 36.4 Å². The summed E-state index contributed by atoms with van der Waals surface area (Å²) in [6.45, 7) is 5.26. The van der Waals surface area contributed by atoms with Crippen LogP contribution in [0.4, 0.5) is 29.3 Å². The molecule has 1 aliphatic heterocycles. The van der Waals surface area contributed by atoms with Crippen molar-refractivity contribution in [1.29, 1.82) is 0 Å². The van der Waals surface area contributed by atoms with Gasteiger partial charge >= 0.3 is 6.03 Å². The maximum absolute atomic E-state index is 13.8. The van der Waals surface area contributed by atoms with E-state index in [1.54, 1.807) is 12.1 Å². The summed E-state index contributed by atoms with van der Waals surface area (Å²) in [6.07, 6.45) is 0. The summed E-state index contributed by atoms with van der Waals surface area (Å²) >= 11 is 6.25. The van der Waals surface area contributed by atoms with Gasteiger partial charge in [-0.2, -0.15) is 0 Å². The largest absolute Gasteiger partial charge is 0.486 e. The highest BCUT2D eigenvalue weighted by Gasteiger charge is 2.40. The molecule has 2 unspecified atom stereocenters. The van der Waals surface area contributed by atoms with Gasteiger partial charge in [-0.3, -0.25) is 9.69 Å². The Labute approximate surface area is 229 Å². The van der Waals surface area contributed by atoms with Gasteiger partial charge in [0.2, 0.25) is 0 Å². The van der Waals surface area contributed by atoms with Crippen molar-refractivity contribution in [3.63, 3.8) is 0 Å². The number of piperazine rings is 1. The minimum Gasteiger partial charge on any atom is -0.486 e. The van der Waals surface area contributed by atoms with Crippen LogP contribution >= 0.6 is 11.6 Å². The van der Waals surface area contributed by atoms with Gasteiger partial charge < -0.3 is 20.7 Å². The lowest BCUT2D eigenvalue weighted by molar-refractivity contribution is -0.129. The zero-order valence-electron chi connectivity index (χ0n) is 21.4. The molecule has 0 bridgehead atoms. The third-order valence-corrected chi connectivity index (χ3v) is 6.92. The van der Waals surface area contributed by atoms with Crippen molar-refractivity contribution in [2.45, 2.75) is 32.0 Å². The lowest BCUT2D eigenvalue weighted by Gasteiger charge is -2.44. The quantitative estimate of drug-likeness (QED) is 0.334. The smallest absolute Gasteiger partial charge is 0.323 e. The van der Waals surface area contributed by atoms with Gasteiger partial charge in [0.25, 0.3) is 0 Å². The number of carbonyl (C=O) groups excluding carboxylic acids is 2. The minimum absolute atomic E-state index is 0.102. The number of rotatable bonds is 8. The van der Waals surface area contributed by atoms with Crippen molar-refractivity contribution < 1.29 is 27.5 Å². The number of hydrogen-bond donors (Lipinski definition) is 3. The van der Waals surface area contributed by atoms with E-state index in [2.05, 4.69) is 27.8 Å².